The highest BCUT2D eigenvalue weighted by Crippen LogP contribution is 2.36. The Morgan fingerprint density at radius 1 is 1.13 bits per heavy atom. The second-order valence-electron chi connectivity index (χ2n) is 3.63. The SMILES string of the molecule is COc1cc(C(C)O)c(C)c(C)c1OC. The Kier molecular flexibility index (Phi) is 3.58. The maximum Gasteiger partial charge on any atom is 0.163 e. The first-order chi connectivity index (χ1) is 7.02. The van der Waals surface area contributed by atoms with Crippen molar-refractivity contribution >= 4 is 0 Å². The highest BCUT2D eigenvalue weighted by molar-refractivity contribution is 5.53. The fourth-order valence-corrected chi connectivity index (χ4v) is 1.73. The van der Waals surface area contributed by atoms with Gasteiger partial charge < -0.3 is 14.6 Å². The van der Waals surface area contributed by atoms with E-state index in [1.165, 1.54) is 0 Å². The third kappa shape index (κ3) is 2.07. The van der Waals surface area contributed by atoms with Crippen molar-refractivity contribution in [3.8, 4) is 11.5 Å². The predicted molar refractivity (Wildman–Crippen MR) is 59.7 cm³/mol. The lowest BCUT2D eigenvalue weighted by Gasteiger charge is -2.17. The minimum Gasteiger partial charge on any atom is -0.493 e. The number of hydrogen-bond acceptors (Lipinski definition) is 3. The first-order valence-corrected chi connectivity index (χ1v) is 4.93. The zero-order valence-electron chi connectivity index (χ0n) is 9.92. The van der Waals surface area contributed by atoms with Crippen LogP contribution in [-0.4, -0.2) is 19.3 Å². The van der Waals surface area contributed by atoms with E-state index >= 15 is 0 Å². The summed E-state index contributed by atoms with van der Waals surface area (Å²) in [6.07, 6.45) is -0.497. The van der Waals surface area contributed by atoms with Crippen molar-refractivity contribution in [3.05, 3.63) is 22.8 Å². The average Bonchev–Trinajstić information content (AvgIpc) is 2.21. The Labute approximate surface area is 90.6 Å². The minimum atomic E-state index is -0.497. The third-order valence-corrected chi connectivity index (χ3v) is 2.72. The average molecular weight is 210 g/mol. The molecule has 0 amide bonds. The number of methoxy groups -OCH3 is 2. The molecule has 0 saturated carbocycles. The molecule has 1 rings (SSSR count). The topological polar surface area (TPSA) is 38.7 Å². The molecule has 0 aliphatic carbocycles. The number of rotatable bonds is 3. The second-order valence-corrected chi connectivity index (χ2v) is 3.63. The molecule has 0 aromatic heterocycles. The monoisotopic (exact) mass is 210 g/mol. The molecule has 1 aromatic carbocycles. The van der Waals surface area contributed by atoms with E-state index in [-0.39, 0.29) is 0 Å². The molecule has 1 atom stereocenters. The van der Waals surface area contributed by atoms with Crippen molar-refractivity contribution < 1.29 is 14.6 Å². The molecule has 3 nitrogen and oxygen atoms in total. The van der Waals surface area contributed by atoms with Crippen LogP contribution < -0.4 is 9.47 Å². The molecular weight excluding hydrogens is 192 g/mol. The van der Waals surface area contributed by atoms with Gasteiger partial charge in [-0.15, -0.1) is 0 Å². The standard InChI is InChI=1S/C12H18O3/c1-7-8(2)12(15-5)11(14-4)6-10(7)9(3)13/h6,9,13H,1-5H3. The number of ether oxygens (including phenoxy) is 2. The smallest absolute Gasteiger partial charge is 0.163 e. The lowest BCUT2D eigenvalue weighted by Crippen LogP contribution is -2.02. The van der Waals surface area contributed by atoms with Crippen LogP contribution in [-0.2, 0) is 0 Å². The van der Waals surface area contributed by atoms with E-state index < -0.39 is 6.10 Å². The molecule has 1 N–H and O–H groups in total. The van der Waals surface area contributed by atoms with E-state index in [1.54, 1.807) is 21.1 Å². The van der Waals surface area contributed by atoms with Crippen LogP contribution in [0.5, 0.6) is 11.5 Å². The quantitative estimate of drug-likeness (QED) is 0.832. The van der Waals surface area contributed by atoms with E-state index in [1.807, 2.05) is 19.9 Å². The molecule has 0 radical (unpaired) electrons. The van der Waals surface area contributed by atoms with Gasteiger partial charge in [0.15, 0.2) is 11.5 Å². The van der Waals surface area contributed by atoms with Gasteiger partial charge in [0.2, 0.25) is 0 Å². The van der Waals surface area contributed by atoms with Gasteiger partial charge in [0.1, 0.15) is 0 Å². The van der Waals surface area contributed by atoms with Crippen LogP contribution in [0.15, 0.2) is 6.07 Å². The molecule has 3 heteroatoms. The first-order valence-electron chi connectivity index (χ1n) is 4.93. The third-order valence-electron chi connectivity index (χ3n) is 2.72. The van der Waals surface area contributed by atoms with Crippen LogP contribution in [0.25, 0.3) is 0 Å². The van der Waals surface area contributed by atoms with Crippen molar-refractivity contribution in [1.82, 2.24) is 0 Å². The zero-order chi connectivity index (χ0) is 11.6. The van der Waals surface area contributed by atoms with Gasteiger partial charge in [-0.05, 0) is 43.5 Å². The predicted octanol–water partition coefficient (Wildman–Crippen LogP) is 2.37. The molecule has 0 spiro atoms. The summed E-state index contributed by atoms with van der Waals surface area (Å²) >= 11 is 0. The number of benzene rings is 1. The Bertz CT molecular complexity index is 356. The number of aliphatic hydroxyl groups excluding tert-OH is 1. The summed E-state index contributed by atoms with van der Waals surface area (Å²) in [5, 5.41) is 9.62. The minimum absolute atomic E-state index is 0.497. The molecule has 0 fully saturated rings. The summed E-state index contributed by atoms with van der Waals surface area (Å²) in [4.78, 5) is 0. The van der Waals surface area contributed by atoms with E-state index in [4.69, 9.17) is 9.47 Å². The van der Waals surface area contributed by atoms with Gasteiger partial charge >= 0.3 is 0 Å². The zero-order valence-corrected chi connectivity index (χ0v) is 9.92. The van der Waals surface area contributed by atoms with E-state index in [0.29, 0.717) is 5.75 Å². The highest BCUT2D eigenvalue weighted by Gasteiger charge is 2.15. The van der Waals surface area contributed by atoms with E-state index in [9.17, 15) is 5.11 Å². The molecule has 84 valence electrons. The molecule has 0 heterocycles. The van der Waals surface area contributed by atoms with Gasteiger partial charge in [-0.3, -0.25) is 0 Å². The van der Waals surface area contributed by atoms with Gasteiger partial charge in [0, 0.05) is 0 Å². The van der Waals surface area contributed by atoms with Crippen LogP contribution >= 0.6 is 0 Å². The molecule has 15 heavy (non-hydrogen) atoms. The van der Waals surface area contributed by atoms with Crippen LogP contribution in [0.3, 0.4) is 0 Å². The normalized spacial score (nSPS) is 12.4. The van der Waals surface area contributed by atoms with Crippen molar-refractivity contribution in [3.63, 3.8) is 0 Å². The summed E-state index contributed by atoms with van der Waals surface area (Å²) in [7, 11) is 3.21. The Morgan fingerprint density at radius 2 is 1.73 bits per heavy atom. The molecule has 0 aliphatic rings. The Hall–Kier alpha value is -1.22. The molecule has 0 bridgehead atoms. The van der Waals surface area contributed by atoms with Gasteiger partial charge in [0.05, 0.1) is 20.3 Å². The van der Waals surface area contributed by atoms with Crippen LogP contribution in [0, 0.1) is 13.8 Å². The van der Waals surface area contributed by atoms with Crippen molar-refractivity contribution in [2.45, 2.75) is 26.9 Å². The van der Waals surface area contributed by atoms with Gasteiger partial charge in [-0.25, -0.2) is 0 Å². The summed E-state index contributed by atoms with van der Waals surface area (Å²) in [6, 6.07) is 1.83. The largest absolute Gasteiger partial charge is 0.493 e. The van der Waals surface area contributed by atoms with Crippen molar-refractivity contribution in [2.75, 3.05) is 14.2 Å². The fourth-order valence-electron chi connectivity index (χ4n) is 1.73. The molecular formula is C12H18O3. The van der Waals surface area contributed by atoms with Gasteiger partial charge in [-0.1, -0.05) is 0 Å². The lowest BCUT2D eigenvalue weighted by molar-refractivity contribution is 0.197. The molecule has 0 saturated heterocycles. The van der Waals surface area contributed by atoms with Crippen molar-refractivity contribution in [2.24, 2.45) is 0 Å². The first kappa shape index (κ1) is 11.9. The number of hydrogen-bond donors (Lipinski definition) is 1. The maximum atomic E-state index is 9.62. The maximum absolute atomic E-state index is 9.62. The van der Waals surface area contributed by atoms with Crippen LogP contribution in [0.2, 0.25) is 0 Å². The summed E-state index contributed by atoms with van der Waals surface area (Å²) < 4.78 is 10.5. The Morgan fingerprint density at radius 3 is 2.13 bits per heavy atom. The molecule has 1 aromatic rings. The molecule has 1 unspecified atom stereocenters. The van der Waals surface area contributed by atoms with E-state index in [0.717, 1.165) is 22.4 Å². The fraction of sp³-hybridized carbons (Fsp3) is 0.500. The lowest BCUT2D eigenvalue weighted by atomic mass is 9.98. The summed E-state index contributed by atoms with van der Waals surface area (Å²) in [5.74, 6) is 1.40. The highest BCUT2D eigenvalue weighted by atomic mass is 16.5. The van der Waals surface area contributed by atoms with Gasteiger partial charge in [0.25, 0.3) is 0 Å². The molecule has 0 aliphatic heterocycles. The number of aliphatic hydroxyl groups is 1. The summed E-state index contributed by atoms with van der Waals surface area (Å²) in [5.41, 5.74) is 2.93. The van der Waals surface area contributed by atoms with E-state index in [2.05, 4.69) is 0 Å². The Balaban J connectivity index is 3.42. The van der Waals surface area contributed by atoms with Crippen LogP contribution in [0.1, 0.15) is 29.7 Å². The van der Waals surface area contributed by atoms with Crippen molar-refractivity contribution in [1.29, 1.82) is 0 Å². The van der Waals surface area contributed by atoms with Crippen LogP contribution in [0.4, 0.5) is 0 Å². The van der Waals surface area contributed by atoms with Gasteiger partial charge in [-0.2, -0.15) is 0 Å². The second kappa shape index (κ2) is 4.53. The summed E-state index contributed by atoms with van der Waals surface area (Å²) in [6.45, 7) is 5.68.